The number of hydrogen-bond donors (Lipinski definition) is 2. The molecule has 26 heavy (non-hydrogen) atoms. The van der Waals surface area contributed by atoms with Crippen molar-refractivity contribution in [1.29, 1.82) is 0 Å². The lowest BCUT2D eigenvalue weighted by molar-refractivity contribution is 1.06. The number of aromatic nitrogens is 2. The highest BCUT2D eigenvalue weighted by molar-refractivity contribution is 7.98. The van der Waals surface area contributed by atoms with Crippen LogP contribution >= 0.6 is 23.4 Å². The molecule has 0 saturated heterocycles. The molecule has 0 radical (unpaired) electrons. The van der Waals surface area contributed by atoms with Gasteiger partial charge in [-0.05, 0) is 41.6 Å². The van der Waals surface area contributed by atoms with E-state index in [1.807, 2.05) is 24.3 Å². The zero-order chi connectivity index (χ0) is 17.9. The molecule has 0 amide bonds. The molecule has 3 nitrogen and oxygen atoms in total. The van der Waals surface area contributed by atoms with Crippen LogP contribution in [-0.2, 0) is 6.54 Å². The third-order valence-electron chi connectivity index (χ3n) is 4.35. The van der Waals surface area contributed by atoms with Crippen molar-refractivity contribution in [1.82, 2.24) is 10.2 Å². The largest absolute Gasteiger partial charge is 0.364 e. The molecule has 0 aliphatic heterocycles. The van der Waals surface area contributed by atoms with Crippen LogP contribution in [0.5, 0.6) is 0 Å². The summed E-state index contributed by atoms with van der Waals surface area (Å²) in [7, 11) is 0. The van der Waals surface area contributed by atoms with E-state index >= 15 is 0 Å². The summed E-state index contributed by atoms with van der Waals surface area (Å²) in [5.74, 6) is 0.836. The summed E-state index contributed by atoms with van der Waals surface area (Å²) in [6, 6.07) is 22.7. The van der Waals surface area contributed by atoms with E-state index in [4.69, 9.17) is 11.6 Å². The van der Waals surface area contributed by atoms with Crippen LogP contribution in [-0.4, -0.2) is 16.5 Å². The van der Waals surface area contributed by atoms with E-state index in [1.54, 1.807) is 11.8 Å². The monoisotopic (exact) mass is 379 g/mol. The van der Waals surface area contributed by atoms with Gasteiger partial charge in [0, 0.05) is 22.4 Å². The van der Waals surface area contributed by atoms with Gasteiger partial charge in [0.15, 0.2) is 5.82 Å². The molecule has 3 aromatic carbocycles. The van der Waals surface area contributed by atoms with Crippen LogP contribution in [0.3, 0.4) is 0 Å². The molecular weight excluding hydrogens is 362 g/mol. The molecule has 1 aromatic heterocycles. The van der Waals surface area contributed by atoms with E-state index in [1.165, 1.54) is 10.5 Å². The summed E-state index contributed by atoms with van der Waals surface area (Å²) >= 11 is 8.22. The van der Waals surface area contributed by atoms with Gasteiger partial charge in [-0.15, -0.1) is 11.8 Å². The fraction of sp³-hybridized carbons (Fsp3) is 0.0952. The minimum atomic E-state index is 0.714. The summed E-state index contributed by atoms with van der Waals surface area (Å²) < 4.78 is 0. The first kappa shape index (κ1) is 17.0. The Labute approximate surface area is 161 Å². The van der Waals surface area contributed by atoms with E-state index in [0.717, 1.165) is 34.4 Å². The molecule has 2 N–H and O–H groups in total. The highest BCUT2D eigenvalue weighted by Crippen LogP contribution is 2.34. The Morgan fingerprint density at radius 2 is 1.81 bits per heavy atom. The molecule has 130 valence electrons. The van der Waals surface area contributed by atoms with Crippen molar-refractivity contribution >= 4 is 40.1 Å². The lowest BCUT2D eigenvalue weighted by Gasteiger charge is -2.07. The molecule has 0 saturated carbocycles. The van der Waals surface area contributed by atoms with Crippen LogP contribution in [0.1, 0.15) is 5.56 Å². The Kier molecular flexibility index (Phi) is 4.87. The first-order valence-corrected chi connectivity index (χ1v) is 9.95. The molecule has 1 heterocycles. The number of H-pyrrole nitrogens is 1. The average Bonchev–Trinajstić information content (AvgIpc) is 3.08. The SMILES string of the molecule is CSc1ccc(CNc2n[nH]c3cc(Cl)c(-c4ccccc4)cc23)cc1. The second kappa shape index (κ2) is 7.44. The van der Waals surface area contributed by atoms with E-state index < -0.39 is 0 Å². The molecule has 4 aromatic rings. The average molecular weight is 380 g/mol. The molecule has 0 unspecified atom stereocenters. The zero-order valence-electron chi connectivity index (χ0n) is 14.3. The molecule has 0 atom stereocenters. The Morgan fingerprint density at radius 1 is 1.04 bits per heavy atom. The van der Waals surface area contributed by atoms with Gasteiger partial charge in [-0.1, -0.05) is 54.1 Å². The second-order valence-electron chi connectivity index (χ2n) is 6.02. The number of benzene rings is 3. The summed E-state index contributed by atoms with van der Waals surface area (Å²) in [4.78, 5) is 1.26. The Hall–Kier alpha value is -2.43. The second-order valence-corrected chi connectivity index (χ2v) is 7.30. The zero-order valence-corrected chi connectivity index (χ0v) is 15.9. The highest BCUT2D eigenvalue weighted by Gasteiger charge is 2.11. The minimum Gasteiger partial charge on any atom is -0.364 e. The fourth-order valence-corrected chi connectivity index (χ4v) is 3.62. The van der Waals surface area contributed by atoms with Crippen LogP contribution in [0.4, 0.5) is 5.82 Å². The number of nitrogens with one attached hydrogen (secondary N) is 2. The van der Waals surface area contributed by atoms with Gasteiger partial charge < -0.3 is 5.32 Å². The van der Waals surface area contributed by atoms with Crippen molar-refractivity contribution in [3.8, 4) is 11.1 Å². The molecule has 5 heteroatoms. The molecule has 0 aliphatic carbocycles. The Morgan fingerprint density at radius 3 is 2.54 bits per heavy atom. The van der Waals surface area contributed by atoms with Gasteiger partial charge >= 0.3 is 0 Å². The Balaban J connectivity index is 1.63. The van der Waals surface area contributed by atoms with Crippen LogP contribution in [0.25, 0.3) is 22.0 Å². The van der Waals surface area contributed by atoms with Gasteiger partial charge in [0.25, 0.3) is 0 Å². The van der Waals surface area contributed by atoms with E-state index in [-0.39, 0.29) is 0 Å². The summed E-state index contributed by atoms with van der Waals surface area (Å²) in [5.41, 5.74) is 4.25. The van der Waals surface area contributed by atoms with Gasteiger partial charge in [-0.25, -0.2) is 0 Å². The topological polar surface area (TPSA) is 40.7 Å². The maximum absolute atomic E-state index is 6.48. The number of thioether (sulfide) groups is 1. The van der Waals surface area contributed by atoms with Gasteiger partial charge in [0.2, 0.25) is 0 Å². The predicted molar refractivity (Wildman–Crippen MR) is 112 cm³/mol. The summed E-state index contributed by atoms with van der Waals surface area (Å²) in [6.07, 6.45) is 2.08. The lowest BCUT2D eigenvalue weighted by atomic mass is 10.0. The third kappa shape index (κ3) is 3.43. The minimum absolute atomic E-state index is 0.714. The van der Waals surface area contributed by atoms with Crippen LogP contribution in [0, 0.1) is 0 Å². The van der Waals surface area contributed by atoms with E-state index in [9.17, 15) is 0 Å². The summed E-state index contributed by atoms with van der Waals surface area (Å²) in [5, 5.41) is 12.7. The van der Waals surface area contributed by atoms with Gasteiger partial charge in [-0.2, -0.15) is 5.10 Å². The number of aromatic amines is 1. The van der Waals surface area contributed by atoms with Crippen molar-refractivity contribution in [2.24, 2.45) is 0 Å². The standard InChI is InChI=1S/C21H18ClN3S/c1-26-16-9-7-14(8-10-16)13-23-21-18-11-17(15-5-3-2-4-6-15)19(22)12-20(18)24-25-21/h2-12H,13H2,1H3,(H2,23,24,25). The van der Waals surface area contributed by atoms with Crippen molar-refractivity contribution in [2.75, 3.05) is 11.6 Å². The molecule has 0 spiro atoms. The maximum atomic E-state index is 6.48. The molecule has 0 fully saturated rings. The highest BCUT2D eigenvalue weighted by atomic mass is 35.5. The first-order valence-electron chi connectivity index (χ1n) is 8.34. The molecule has 0 aliphatic rings. The van der Waals surface area contributed by atoms with E-state index in [2.05, 4.69) is 64.2 Å². The normalized spacial score (nSPS) is 11.0. The van der Waals surface area contributed by atoms with E-state index in [0.29, 0.717) is 5.02 Å². The van der Waals surface area contributed by atoms with Crippen LogP contribution in [0.2, 0.25) is 5.02 Å². The van der Waals surface area contributed by atoms with Crippen LogP contribution in [0.15, 0.2) is 71.6 Å². The predicted octanol–water partition coefficient (Wildman–Crippen LogP) is 6.22. The number of nitrogens with zero attached hydrogens (tertiary/aromatic N) is 1. The number of fused-ring (bicyclic) bond motifs is 1. The fourth-order valence-electron chi connectivity index (χ4n) is 2.94. The smallest absolute Gasteiger partial charge is 0.156 e. The molecule has 4 rings (SSSR count). The van der Waals surface area contributed by atoms with Crippen molar-refractivity contribution in [2.45, 2.75) is 11.4 Å². The van der Waals surface area contributed by atoms with Crippen molar-refractivity contribution in [3.63, 3.8) is 0 Å². The summed E-state index contributed by atoms with van der Waals surface area (Å²) in [6.45, 7) is 0.720. The quantitative estimate of drug-likeness (QED) is 0.404. The van der Waals surface area contributed by atoms with Gasteiger partial charge in [0.05, 0.1) is 10.5 Å². The number of hydrogen-bond acceptors (Lipinski definition) is 3. The first-order chi connectivity index (χ1) is 12.7. The van der Waals surface area contributed by atoms with Crippen molar-refractivity contribution < 1.29 is 0 Å². The Bertz CT molecular complexity index is 1030. The van der Waals surface area contributed by atoms with Gasteiger partial charge in [-0.3, -0.25) is 5.10 Å². The third-order valence-corrected chi connectivity index (χ3v) is 5.41. The maximum Gasteiger partial charge on any atom is 0.156 e. The molecule has 0 bridgehead atoms. The number of rotatable bonds is 5. The number of halogens is 1. The lowest BCUT2D eigenvalue weighted by Crippen LogP contribution is -2.00. The van der Waals surface area contributed by atoms with Gasteiger partial charge in [0.1, 0.15) is 0 Å². The molecular formula is C21H18ClN3S. The number of anilines is 1. The van der Waals surface area contributed by atoms with Crippen LogP contribution < -0.4 is 5.32 Å². The van der Waals surface area contributed by atoms with Crippen molar-refractivity contribution in [3.05, 3.63) is 77.3 Å².